The van der Waals surface area contributed by atoms with Gasteiger partial charge in [-0.2, -0.15) is 0 Å². The molecule has 5 heteroatoms. The van der Waals surface area contributed by atoms with Crippen molar-refractivity contribution in [2.24, 2.45) is 0 Å². The van der Waals surface area contributed by atoms with Gasteiger partial charge in [0.05, 0.1) is 30.0 Å². The summed E-state index contributed by atoms with van der Waals surface area (Å²) in [6.45, 7) is 5.78. The lowest BCUT2D eigenvalue weighted by atomic mass is 10.1. The first-order valence-electron chi connectivity index (χ1n) is 8.65. The van der Waals surface area contributed by atoms with Gasteiger partial charge in [0.1, 0.15) is 0 Å². The molecule has 1 fully saturated rings. The van der Waals surface area contributed by atoms with Crippen LogP contribution in [-0.2, 0) is 16.0 Å². The molecule has 1 amide bonds. The van der Waals surface area contributed by atoms with Crippen molar-refractivity contribution in [1.82, 2.24) is 0 Å². The van der Waals surface area contributed by atoms with Gasteiger partial charge in [-0.05, 0) is 43.7 Å². The van der Waals surface area contributed by atoms with Crippen LogP contribution in [0.25, 0.3) is 0 Å². The zero-order valence-electron chi connectivity index (χ0n) is 14.7. The fourth-order valence-electron chi connectivity index (χ4n) is 3.24. The molecule has 0 saturated carbocycles. The summed E-state index contributed by atoms with van der Waals surface area (Å²) in [5.41, 5.74) is 9.21. The van der Waals surface area contributed by atoms with Gasteiger partial charge < -0.3 is 20.7 Å². The molecule has 0 spiro atoms. The summed E-state index contributed by atoms with van der Waals surface area (Å²) in [4.78, 5) is 14.7. The van der Waals surface area contributed by atoms with Crippen LogP contribution in [-0.4, -0.2) is 31.2 Å². The molecule has 3 N–H and O–H groups in total. The highest BCUT2D eigenvalue weighted by Gasteiger charge is 2.24. The van der Waals surface area contributed by atoms with Crippen LogP contribution >= 0.6 is 0 Å². The number of hydrogen-bond donors (Lipinski definition) is 2. The van der Waals surface area contributed by atoms with Crippen molar-refractivity contribution < 1.29 is 9.53 Å². The molecular weight excluding hydrogens is 314 g/mol. The number of para-hydroxylation sites is 2. The molecule has 0 aromatic heterocycles. The van der Waals surface area contributed by atoms with Crippen LogP contribution in [0.2, 0.25) is 0 Å². The van der Waals surface area contributed by atoms with Crippen molar-refractivity contribution in [2.45, 2.75) is 32.5 Å². The summed E-state index contributed by atoms with van der Waals surface area (Å²) in [5, 5.41) is 3.05. The van der Waals surface area contributed by atoms with Crippen LogP contribution < -0.4 is 16.0 Å². The van der Waals surface area contributed by atoms with Crippen LogP contribution in [0, 0.1) is 0 Å². The van der Waals surface area contributed by atoms with E-state index < -0.39 is 0 Å². The maximum atomic E-state index is 12.4. The highest BCUT2D eigenvalue weighted by molar-refractivity contribution is 5.95. The van der Waals surface area contributed by atoms with Crippen molar-refractivity contribution in [3.05, 3.63) is 54.1 Å². The van der Waals surface area contributed by atoms with Crippen LogP contribution in [0.1, 0.15) is 19.4 Å². The van der Waals surface area contributed by atoms with E-state index in [0.717, 1.165) is 30.0 Å². The Bertz CT molecular complexity index is 720. The number of amides is 1. The minimum Gasteiger partial charge on any atom is -0.399 e. The third-order valence-corrected chi connectivity index (χ3v) is 4.28. The van der Waals surface area contributed by atoms with Crippen molar-refractivity contribution in [3.8, 4) is 0 Å². The minimum atomic E-state index is -0.0356. The fraction of sp³-hybridized carbons (Fsp3) is 0.350. The first kappa shape index (κ1) is 17.3. The van der Waals surface area contributed by atoms with E-state index in [9.17, 15) is 4.79 Å². The van der Waals surface area contributed by atoms with Gasteiger partial charge in [0.15, 0.2) is 0 Å². The molecule has 1 saturated heterocycles. The van der Waals surface area contributed by atoms with E-state index in [2.05, 4.69) is 24.1 Å². The summed E-state index contributed by atoms with van der Waals surface area (Å²) in [6.07, 6.45) is 0.662. The SMILES string of the molecule is CC1CN(c2ccccc2NC(=O)Cc2ccc(N)cc2)CC(C)O1. The van der Waals surface area contributed by atoms with Crippen LogP contribution in [0.15, 0.2) is 48.5 Å². The van der Waals surface area contributed by atoms with Crippen LogP contribution in [0.4, 0.5) is 17.1 Å². The summed E-state index contributed by atoms with van der Waals surface area (Å²) in [7, 11) is 0. The molecule has 1 aliphatic heterocycles. The van der Waals surface area contributed by atoms with Crippen molar-refractivity contribution >= 4 is 23.0 Å². The Hall–Kier alpha value is -2.53. The number of hydrogen-bond acceptors (Lipinski definition) is 4. The second-order valence-electron chi connectivity index (χ2n) is 6.65. The van der Waals surface area contributed by atoms with Gasteiger partial charge in [-0.25, -0.2) is 0 Å². The first-order valence-corrected chi connectivity index (χ1v) is 8.65. The number of nitrogen functional groups attached to an aromatic ring is 1. The largest absolute Gasteiger partial charge is 0.399 e. The molecule has 1 heterocycles. The number of rotatable bonds is 4. The quantitative estimate of drug-likeness (QED) is 0.840. The molecular formula is C20H25N3O2. The third kappa shape index (κ3) is 4.51. The van der Waals surface area contributed by atoms with Gasteiger partial charge in [0, 0.05) is 18.8 Å². The molecule has 132 valence electrons. The van der Waals surface area contributed by atoms with Gasteiger partial charge in [-0.15, -0.1) is 0 Å². The molecule has 2 aromatic rings. The predicted molar refractivity (Wildman–Crippen MR) is 102 cm³/mol. The number of ether oxygens (including phenoxy) is 1. The molecule has 0 radical (unpaired) electrons. The Balaban J connectivity index is 1.72. The second kappa shape index (κ2) is 7.57. The number of benzene rings is 2. The van der Waals surface area contributed by atoms with Gasteiger partial charge in [0.25, 0.3) is 0 Å². The maximum absolute atomic E-state index is 12.4. The molecule has 2 aromatic carbocycles. The van der Waals surface area contributed by atoms with E-state index in [-0.39, 0.29) is 18.1 Å². The average molecular weight is 339 g/mol. The molecule has 2 unspecified atom stereocenters. The lowest BCUT2D eigenvalue weighted by molar-refractivity contribution is -0.115. The molecule has 25 heavy (non-hydrogen) atoms. The van der Waals surface area contributed by atoms with Crippen LogP contribution in [0.3, 0.4) is 0 Å². The number of nitrogens with two attached hydrogens (primary N) is 1. The highest BCUT2D eigenvalue weighted by atomic mass is 16.5. The molecule has 2 atom stereocenters. The first-order chi connectivity index (χ1) is 12.0. The monoisotopic (exact) mass is 339 g/mol. The van der Waals surface area contributed by atoms with Gasteiger partial charge in [0.2, 0.25) is 5.91 Å². The minimum absolute atomic E-state index is 0.0356. The summed E-state index contributed by atoms with van der Waals surface area (Å²) < 4.78 is 5.81. The summed E-state index contributed by atoms with van der Waals surface area (Å²) in [5.74, 6) is -0.0356. The normalized spacial score (nSPS) is 20.3. The van der Waals surface area contributed by atoms with Crippen LogP contribution in [0.5, 0.6) is 0 Å². The topological polar surface area (TPSA) is 67.6 Å². The van der Waals surface area contributed by atoms with E-state index in [1.807, 2.05) is 48.5 Å². The lowest BCUT2D eigenvalue weighted by Crippen LogP contribution is -2.45. The Morgan fingerprint density at radius 2 is 1.76 bits per heavy atom. The standard InChI is InChI=1S/C20H25N3O2/c1-14-12-23(13-15(2)25-14)19-6-4-3-5-18(19)22-20(24)11-16-7-9-17(21)10-8-16/h3-10,14-15H,11-13,21H2,1-2H3,(H,22,24). The van der Waals surface area contributed by atoms with Crippen molar-refractivity contribution in [3.63, 3.8) is 0 Å². The third-order valence-electron chi connectivity index (χ3n) is 4.28. The molecule has 0 bridgehead atoms. The zero-order valence-corrected chi connectivity index (χ0v) is 14.7. The number of anilines is 3. The number of carbonyl (C=O) groups is 1. The predicted octanol–water partition coefficient (Wildman–Crippen LogP) is 3.06. The molecule has 5 nitrogen and oxygen atoms in total. The fourth-order valence-corrected chi connectivity index (χ4v) is 3.24. The Kier molecular flexibility index (Phi) is 5.24. The summed E-state index contributed by atoms with van der Waals surface area (Å²) >= 11 is 0. The molecule has 3 rings (SSSR count). The maximum Gasteiger partial charge on any atom is 0.228 e. The zero-order chi connectivity index (χ0) is 17.8. The van der Waals surface area contributed by atoms with E-state index >= 15 is 0 Å². The van der Waals surface area contributed by atoms with E-state index in [0.29, 0.717) is 12.1 Å². The highest BCUT2D eigenvalue weighted by Crippen LogP contribution is 2.28. The smallest absolute Gasteiger partial charge is 0.228 e. The number of carbonyl (C=O) groups excluding carboxylic acids is 1. The Morgan fingerprint density at radius 1 is 1.12 bits per heavy atom. The van der Waals surface area contributed by atoms with Crippen molar-refractivity contribution in [1.29, 1.82) is 0 Å². The summed E-state index contributed by atoms with van der Waals surface area (Å²) in [6, 6.07) is 15.3. The van der Waals surface area contributed by atoms with Gasteiger partial charge in [-0.1, -0.05) is 24.3 Å². The average Bonchev–Trinajstić information content (AvgIpc) is 2.56. The Labute approximate surface area is 148 Å². The molecule has 1 aliphatic rings. The Morgan fingerprint density at radius 3 is 2.44 bits per heavy atom. The number of nitrogens with zero attached hydrogens (tertiary/aromatic N) is 1. The molecule has 0 aliphatic carbocycles. The van der Waals surface area contributed by atoms with Gasteiger partial charge in [-0.3, -0.25) is 4.79 Å². The van der Waals surface area contributed by atoms with Gasteiger partial charge >= 0.3 is 0 Å². The van der Waals surface area contributed by atoms with E-state index in [1.165, 1.54) is 0 Å². The van der Waals surface area contributed by atoms with Crippen molar-refractivity contribution in [2.75, 3.05) is 29.0 Å². The lowest BCUT2D eigenvalue weighted by Gasteiger charge is -2.37. The van der Waals surface area contributed by atoms with E-state index in [4.69, 9.17) is 10.5 Å². The van der Waals surface area contributed by atoms with E-state index in [1.54, 1.807) is 0 Å². The number of morpholine rings is 1. The number of nitrogens with one attached hydrogen (secondary N) is 1. The second-order valence-corrected chi connectivity index (χ2v) is 6.65.